The molecule has 0 bridgehead atoms. The molecule has 0 radical (unpaired) electrons. The normalized spacial score (nSPS) is 27.4. The highest BCUT2D eigenvalue weighted by Gasteiger charge is 2.35. The molecular formula is C23H32N2O5. The van der Waals surface area contributed by atoms with Crippen LogP contribution in [-0.2, 0) is 32.0 Å². The van der Waals surface area contributed by atoms with E-state index in [0.717, 1.165) is 25.8 Å². The van der Waals surface area contributed by atoms with Gasteiger partial charge in [-0.3, -0.25) is 9.59 Å². The molecule has 0 spiro atoms. The van der Waals surface area contributed by atoms with E-state index in [1.807, 2.05) is 17.0 Å². The van der Waals surface area contributed by atoms with Gasteiger partial charge >= 0.3 is 0 Å². The van der Waals surface area contributed by atoms with Gasteiger partial charge in [0.05, 0.1) is 25.2 Å². The van der Waals surface area contributed by atoms with Crippen molar-refractivity contribution in [2.45, 2.75) is 63.3 Å². The SMILES string of the molecule is O=C(N[C@H]1CC[C@H](CC(=O)N2CCc3ccccc3C2)O[C@H]1CO)C1CCOCC1. The van der Waals surface area contributed by atoms with E-state index in [-0.39, 0.29) is 36.5 Å². The van der Waals surface area contributed by atoms with Gasteiger partial charge in [-0.15, -0.1) is 0 Å². The largest absolute Gasteiger partial charge is 0.394 e. The maximum Gasteiger partial charge on any atom is 0.225 e. The average Bonchev–Trinajstić information content (AvgIpc) is 2.80. The van der Waals surface area contributed by atoms with Gasteiger partial charge < -0.3 is 24.8 Å². The number of aliphatic hydroxyl groups excluding tert-OH is 1. The van der Waals surface area contributed by atoms with Crippen LogP contribution in [0, 0.1) is 5.92 Å². The maximum absolute atomic E-state index is 12.8. The third kappa shape index (κ3) is 5.02. The molecule has 3 aliphatic rings. The maximum atomic E-state index is 12.8. The van der Waals surface area contributed by atoms with Crippen molar-refractivity contribution in [3.8, 4) is 0 Å². The number of hydrogen-bond acceptors (Lipinski definition) is 5. The third-order valence-corrected chi connectivity index (χ3v) is 6.60. The second kappa shape index (κ2) is 9.90. The minimum Gasteiger partial charge on any atom is -0.394 e. The molecule has 0 aliphatic carbocycles. The molecule has 30 heavy (non-hydrogen) atoms. The molecule has 3 atom stereocenters. The Hall–Kier alpha value is -1.96. The van der Waals surface area contributed by atoms with Crippen LogP contribution < -0.4 is 5.32 Å². The molecule has 2 fully saturated rings. The monoisotopic (exact) mass is 416 g/mol. The topological polar surface area (TPSA) is 88.1 Å². The summed E-state index contributed by atoms with van der Waals surface area (Å²) in [6.45, 7) is 2.45. The molecule has 1 aromatic carbocycles. The number of nitrogens with zero attached hydrogens (tertiary/aromatic N) is 1. The molecule has 2 N–H and O–H groups in total. The number of amides is 2. The van der Waals surface area contributed by atoms with Gasteiger partial charge in [0.2, 0.25) is 11.8 Å². The molecule has 0 aromatic heterocycles. The molecule has 164 valence electrons. The summed E-state index contributed by atoms with van der Waals surface area (Å²) in [6, 6.07) is 8.05. The summed E-state index contributed by atoms with van der Waals surface area (Å²) in [6.07, 6.45) is 3.39. The zero-order valence-electron chi connectivity index (χ0n) is 17.4. The average molecular weight is 417 g/mol. The van der Waals surface area contributed by atoms with E-state index in [9.17, 15) is 14.7 Å². The third-order valence-electron chi connectivity index (χ3n) is 6.60. The summed E-state index contributed by atoms with van der Waals surface area (Å²) in [4.78, 5) is 27.3. The fourth-order valence-corrected chi connectivity index (χ4v) is 4.74. The summed E-state index contributed by atoms with van der Waals surface area (Å²) in [5.74, 6) is 0.0853. The van der Waals surface area contributed by atoms with E-state index in [1.165, 1.54) is 11.1 Å². The highest BCUT2D eigenvalue weighted by molar-refractivity contribution is 5.79. The fourth-order valence-electron chi connectivity index (χ4n) is 4.74. The Kier molecular flexibility index (Phi) is 7.02. The highest BCUT2D eigenvalue weighted by Crippen LogP contribution is 2.25. The fraction of sp³-hybridized carbons (Fsp3) is 0.652. The number of carbonyl (C=O) groups excluding carboxylic acids is 2. The smallest absolute Gasteiger partial charge is 0.225 e. The lowest BCUT2D eigenvalue weighted by molar-refractivity contribution is -0.144. The molecule has 2 amide bonds. The molecular weight excluding hydrogens is 384 g/mol. The molecule has 0 saturated carbocycles. The van der Waals surface area contributed by atoms with Crippen molar-refractivity contribution < 1.29 is 24.2 Å². The molecule has 4 rings (SSSR count). The Labute approximate surface area is 177 Å². The number of nitrogens with one attached hydrogen (secondary N) is 1. The van der Waals surface area contributed by atoms with Crippen LogP contribution in [0.25, 0.3) is 0 Å². The van der Waals surface area contributed by atoms with Crippen LogP contribution in [0.1, 0.15) is 43.2 Å². The van der Waals surface area contributed by atoms with Gasteiger partial charge in [0.1, 0.15) is 6.10 Å². The summed E-state index contributed by atoms with van der Waals surface area (Å²) < 4.78 is 11.4. The van der Waals surface area contributed by atoms with Crippen LogP contribution in [-0.4, -0.2) is 66.4 Å². The molecule has 1 aromatic rings. The first-order valence-electron chi connectivity index (χ1n) is 11.1. The molecule has 3 aliphatic heterocycles. The quantitative estimate of drug-likeness (QED) is 0.758. The number of aliphatic hydroxyl groups is 1. The standard InChI is InChI=1S/C23H32N2O5/c26-15-21-20(24-23(28)17-8-11-29-12-9-17)6-5-19(30-21)13-22(27)25-10-7-16-3-1-2-4-18(16)14-25/h1-4,17,19-21,26H,5-15H2,(H,24,28)/t19-,20+,21+/m1/s1. The van der Waals surface area contributed by atoms with Crippen molar-refractivity contribution in [2.75, 3.05) is 26.4 Å². The van der Waals surface area contributed by atoms with Crippen molar-refractivity contribution in [2.24, 2.45) is 5.92 Å². The van der Waals surface area contributed by atoms with E-state index in [2.05, 4.69) is 17.4 Å². The minimum atomic E-state index is -0.470. The molecule has 0 unspecified atom stereocenters. The zero-order valence-corrected chi connectivity index (χ0v) is 17.4. The summed E-state index contributed by atoms with van der Waals surface area (Å²) in [5.41, 5.74) is 2.53. The highest BCUT2D eigenvalue weighted by atomic mass is 16.5. The van der Waals surface area contributed by atoms with Gasteiger partial charge in [-0.05, 0) is 43.2 Å². The summed E-state index contributed by atoms with van der Waals surface area (Å²) in [5, 5.41) is 12.9. The van der Waals surface area contributed by atoms with Gasteiger partial charge in [-0.2, -0.15) is 0 Å². The predicted molar refractivity (Wildman–Crippen MR) is 111 cm³/mol. The van der Waals surface area contributed by atoms with Crippen LogP contribution in [0.4, 0.5) is 0 Å². The van der Waals surface area contributed by atoms with E-state index < -0.39 is 6.10 Å². The van der Waals surface area contributed by atoms with Crippen molar-refractivity contribution in [1.82, 2.24) is 10.2 Å². The van der Waals surface area contributed by atoms with Crippen molar-refractivity contribution in [3.63, 3.8) is 0 Å². The Morgan fingerprint density at radius 3 is 2.63 bits per heavy atom. The van der Waals surface area contributed by atoms with Gasteiger partial charge in [-0.1, -0.05) is 24.3 Å². The van der Waals surface area contributed by atoms with Crippen molar-refractivity contribution in [3.05, 3.63) is 35.4 Å². The Morgan fingerprint density at radius 1 is 1.10 bits per heavy atom. The van der Waals surface area contributed by atoms with Crippen LogP contribution >= 0.6 is 0 Å². The Morgan fingerprint density at radius 2 is 1.87 bits per heavy atom. The Bertz CT molecular complexity index is 749. The summed E-state index contributed by atoms with van der Waals surface area (Å²) >= 11 is 0. The lowest BCUT2D eigenvalue weighted by Gasteiger charge is -2.38. The van der Waals surface area contributed by atoms with Gasteiger partial charge in [-0.25, -0.2) is 0 Å². The lowest BCUT2D eigenvalue weighted by atomic mass is 9.94. The first kappa shape index (κ1) is 21.3. The van der Waals surface area contributed by atoms with E-state index in [0.29, 0.717) is 39.0 Å². The zero-order chi connectivity index (χ0) is 20.9. The van der Waals surface area contributed by atoms with Gasteiger partial charge in [0, 0.05) is 32.2 Å². The van der Waals surface area contributed by atoms with Gasteiger partial charge in [0.15, 0.2) is 0 Å². The predicted octanol–water partition coefficient (Wildman–Crippen LogP) is 1.41. The number of ether oxygens (including phenoxy) is 2. The van der Waals surface area contributed by atoms with Crippen molar-refractivity contribution in [1.29, 1.82) is 0 Å². The van der Waals surface area contributed by atoms with Crippen LogP contribution in [0.2, 0.25) is 0 Å². The molecule has 7 heteroatoms. The minimum absolute atomic E-state index is 0.0202. The first-order valence-corrected chi connectivity index (χ1v) is 11.1. The second-order valence-electron chi connectivity index (χ2n) is 8.60. The molecule has 7 nitrogen and oxygen atoms in total. The van der Waals surface area contributed by atoms with Crippen LogP contribution in [0.3, 0.4) is 0 Å². The Balaban J connectivity index is 1.27. The van der Waals surface area contributed by atoms with E-state index >= 15 is 0 Å². The number of benzene rings is 1. The lowest BCUT2D eigenvalue weighted by Crippen LogP contribution is -2.53. The van der Waals surface area contributed by atoms with Gasteiger partial charge in [0.25, 0.3) is 0 Å². The molecule has 2 saturated heterocycles. The van der Waals surface area contributed by atoms with Crippen LogP contribution in [0.5, 0.6) is 0 Å². The second-order valence-corrected chi connectivity index (χ2v) is 8.60. The first-order chi connectivity index (χ1) is 14.6. The van der Waals surface area contributed by atoms with Crippen LogP contribution in [0.15, 0.2) is 24.3 Å². The van der Waals surface area contributed by atoms with E-state index in [4.69, 9.17) is 9.47 Å². The summed E-state index contributed by atoms with van der Waals surface area (Å²) in [7, 11) is 0. The number of fused-ring (bicyclic) bond motifs is 1. The number of rotatable bonds is 5. The molecule has 3 heterocycles. The number of carbonyl (C=O) groups is 2. The number of hydrogen-bond donors (Lipinski definition) is 2. The van der Waals surface area contributed by atoms with Crippen molar-refractivity contribution >= 4 is 11.8 Å². The van der Waals surface area contributed by atoms with E-state index in [1.54, 1.807) is 0 Å².